The lowest BCUT2D eigenvalue weighted by Gasteiger charge is -2.38. The van der Waals surface area contributed by atoms with Gasteiger partial charge in [0.15, 0.2) is 6.04 Å². The predicted octanol–water partition coefficient (Wildman–Crippen LogP) is 2.83. The Bertz CT molecular complexity index is 541. The maximum absolute atomic E-state index is 12.7. The summed E-state index contributed by atoms with van der Waals surface area (Å²) in [5.41, 5.74) is 0.762. The number of nitrogens with zero attached hydrogens (tertiary/aromatic N) is 2. The minimum Gasteiger partial charge on any atom is -0.479 e. The highest BCUT2D eigenvalue weighted by molar-refractivity contribution is 7.10. The van der Waals surface area contributed by atoms with Crippen LogP contribution in [0.15, 0.2) is 11.4 Å². The molecule has 1 aromatic rings. The van der Waals surface area contributed by atoms with E-state index in [1.807, 2.05) is 18.4 Å². The van der Waals surface area contributed by atoms with Crippen LogP contribution in [0.4, 0.5) is 4.79 Å². The van der Waals surface area contributed by atoms with Gasteiger partial charge in [-0.3, -0.25) is 0 Å². The Morgan fingerprint density at radius 1 is 1.43 bits per heavy atom. The average molecular weight is 310 g/mol. The second-order valence-electron chi connectivity index (χ2n) is 5.86. The van der Waals surface area contributed by atoms with E-state index >= 15 is 0 Å². The van der Waals surface area contributed by atoms with E-state index < -0.39 is 12.0 Å². The second-order valence-corrected chi connectivity index (χ2v) is 6.86. The van der Waals surface area contributed by atoms with Crippen molar-refractivity contribution in [2.24, 2.45) is 5.92 Å². The lowest BCUT2D eigenvalue weighted by Crippen LogP contribution is -2.51. The van der Waals surface area contributed by atoms with E-state index in [9.17, 15) is 14.7 Å². The van der Waals surface area contributed by atoms with Gasteiger partial charge in [-0.05, 0) is 36.3 Å². The van der Waals surface area contributed by atoms with E-state index in [1.54, 1.807) is 23.3 Å². The molecule has 1 aromatic heterocycles. The summed E-state index contributed by atoms with van der Waals surface area (Å²) < 4.78 is 0. The molecule has 2 atom stereocenters. The molecule has 0 fully saturated rings. The molecule has 21 heavy (non-hydrogen) atoms. The van der Waals surface area contributed by atoms with Gasteiger partial charge >= 0.3 is 12.0 Å². The Morgan fingerprint density at radius 2 is 2.10 bits per heavy atom. The number of amides is 2. The first kappa shape index (κ1) is 15.8. The lowest BCUT2D eigenvalue weighted by molar-refractivity contribution is -0.143. The lowest BCUT2D eigenvalue weighted by atomic mass is 10.00. The van der Waals surface area contributed by atoms with E-state index in [0.717, 1.165) is 16.9 Å². The van der Waals surface area contributed by atoms with Gasteiger partial charge in [0, 0.05) is 24.5 Å². The molecule has 116 valence electrons. The smallest absolute Gasteiger partial charge is 0.331 e. The van der Waals surface area contributed by atoms with Crippen molar-refractivity contribution < 1.29 is 14.7 Å². The summed E-state index contributed by atoms with van der Waals surface area (Å²) in [5, 5.41) is 11.4. The van der Waals surface area contributed by atoms with Crippen LogP contribution in [-0.2, 0) is 11.2 Å². The summed E-state index contributed by atoms with van der Waals surface area (Å²) in [4.78, 5) is 28.5. The van der Waals surface area contributed by atoms with Crippen LogP contribution in [-0.4, -0.2) is 46.5 Å². The Balaban J connectivity index is 2.27. The quantitative estimate of drug-likeness (QED) is 0.934. The molecular weight excluding hydrogens is 288 g/mol. The predicted molar refractivity (Wildman–Crippen MR) is 82.6 cm³/mol. The van der Waals surface area contributed by atoms with Gasteiger partial charge in [0.1, 0.15) is 0 Å². The van der Waals surface area contributed by atoms with Gasteiger partial charge in [0.05, 0.1) is 0 Å². The number of urea groups is 1. The zero-order chi connectivity index (χ0) is 15.7. The first-order chi connectivity index (χ1) is 9.84. The molecule has 2 rings (SSSR count). The van der Waals surface area contributed by atoms with E-state index in [2.05, 4.69) is 13.8 Å². The minimum absolute atomic E-state index is 0.0656. The van der Waals surface area contributed by atoms with Crippen LogP contribution >= 0.6 is 11.3 Å². The Labute approximate surface area is 129 Å². The molecule has 0 spiro atoms. The number of carbonyl (C=O) groups excluding carboxylic acids is 1. The molecule has 6 heteroatoms. The number of carboxylic acids is 1. The van der Waals surface area contributed by atoms with Crippen molar-refractivity contribution in [1.82, 2.24) is 9.80 Å². The number of fused-ring (bicyclic) bond motifs is 1. The highest BCUT2D eigenvalue weighted by Gasteiger charge is 2.38. The standard InChI is InChI=1S/C15H22N2O3S/c1-9(2)10(3)16(4)15(20)17-7-5-12-11(6-8-21-12)13(17)14(18)19/h6,8-10,13H,5,7H2,1-4H3,(H,18,19). The molecule has 0 aliphatic carbocycles. The largest absolute Gasteiger partial charge is 0.479 e. The van der Waals surface area contributed by atoms with E-state index in [4.69, 9.17) is 0 Å². The van der Waals surface area contributed by atoms with Crippen molar-refractivity contribution in [1.29, 1.82) is 0 Å². The van der Waals surface area contributed by atoms with Crippen LogP contribution in [0.3, 0.4) is 0 Å². The molecule has 2 unspecified atom stereocenters. The molecule has 2 heterocycles. The van der Waals surface area contributed by atoms with Crippen LogP contribution in [0.5, 0.6) is 0 Å². The molecule has 0 aromatic carbocycles. The van der Waals surface area contributed by atoms with Crippen molar-refractivity contribution in [2.75, 3.05) is 13.6 Å². The van der Waals surface area contributed by atoms with Crippen LogP contribution in [0.25, 0.3) is 0 Å². The zero-order valence-electron chi connectivity index (χ0n) is 12.9. The van der Waals surface area contributed by atoms with Gasteiger partial charge in [-0.1, -0.05) is 13.8 Å². The normalized spacial score (nSPS) is 19.3. The maximum Gasteiger partial charge on any atom is 0.331 e. The van der Waals surface area contributed by atoms with Crippen molar-refractivity contribution in [3.05, 3.63) is 21.9 Å². The van der Waals surface area contributed by atoms with Crippen molar-refractivity contribution in [2.45, 2.75) is 39.3 Å². The Hall–Kier alpha value is -1.56. The summed E-state index contributed by atoms with van der Waals surface area (Å²) in [6.45, 7) is 6.55. The number of carboxylic acid groups (broad SMARTS) is 1. The summed E-state index contributed by atoms with van der Waals surface area (Å²) in [6.07, 6.45) is 0.729. The molecule has 0 saturated carbocycles. The topological polar surface area (TPSA) is 60.9 Å². The molecule has 1 N–H and O–H groups in total. The van der Waals surface area contributed by atoms with Gasteiger partial charge in [0.25, 0.3) is 0 Å². The number of carbonyl (C=O) groups is 2. The molecule has 2 amide bonds. The fourth-order valence-corrected chi connectivity index (χ4v) is 3.52. The highest BCUT2D eigenvalue weighted by atomic mass is 32.1. The molecule has 1 aliphatic rings. The fraction of sp³-hybridized carbons (Fsp3) is 0.600. The SMILES string of the molecule is CC(C)C(C)N(C)C(=O)N1CCc2sccc2C1C(=O)O. The highest BCUT2D eigenvalue weighted by Crippen LogP contribution is 2.34. The third kappa shape index (κ3) is 2.90. The Morgan fingerprint density at radius 3 is 2.67 bits per heavy atom. The fourth-order valence-electron chi connectivity index (χ4n) is 2.61. The van der Waals surface area contributed by atoms with Crippen LogP contribution in [0.2, 0.25) is 0 Å². The molecule has 0 saturated heterocycles. The van der Waals surface area contributed by atoms with Crippen molar-refractivity contribution in [3.8, 4) is 0 Å². The third-order valence-electron chi connectivity index (χ3n) is 4.32. The average Bonchev–Trinajstić information content (AvgIpc) is 2.91. The van der Waals surface area contributed by atoms with Gasteiger partial charge < -0.3 is 14.9 Å². The van der Waals surface area contributed by atoms with Gasteiger partial charge in [-0.25, -0.2) is 9.59 Å². The van der Waals surface area contributed by atoms with Gasteiger partial charge in [-0.15, -0.1) is 11.3 Å². The second kappa shape index (κ2) is 6.05. The van der Waals surface area contributed by atoms with Crippen LogP contribution < -0.4 is 0 Å². The first-order valence-electron chi connectivity index (χ1n) is 7.17. The van der Waals surface area contributed by atoms with E-state index in [-0.39, 0.29) is 12.1 Å². The number of aliphatic carboxylic acids is 1. The summed E-state index contributed by atoms with van der Waals surface area (Å²) in [7, 11) is 1.75. The molecule has 0 radical (unpaired) electrons. The van der Waals surface area contributed by atoms with Crippen LogP contribution in [0.1, 0.15) is 37.3 Å². The zero-order valence-corrected chi connectivity index (χ0v) is 13.7. The van der Waals surface area contributed by atoms with Gasteiger partial charge in [0.2, 0.25) is 0 Å². The molecular formula is C15H22N2O3S. The van der Waals surface area contributed by atoms with Crippen molar-refractivity contribution >= 4 is 23.3 Å². The summed E-state index contributed by atoms with van der Waals surface area (Å²) in [5.74, 6) is -0.642. The number of hydrogen-bond donors (Lipinski definition) is 1. The first-order valence-corrected chi connectivity index (χ1v) is 8.05. The number of hydrogen-bond acceptors (Lipinski definition) is 3. The Kier molecular flexibility index (Phi) is 4.56. The number of thiophene rings is 1. The van der Waals surface area contributed by atoms with Crippen molar-refractivity contribution in [3.63, 3.8) is 0 Å². The van der Waals surface area contributed by atoms with Gasteiger partial charge in [-0.2, -0.15) is 0 Å². The summed E-state index contributed by atoms with van der Waals surface area (Å²) in [6, 6.07) is 0.815. The molecule has 1 aliphatic heterocycles. The maximum atomic E-state index is 12.7. The third-order valence-corrected chi connectivity index (χ3v) is 5.32. The van der Waals surface area contributed by atoms with E-state index in [1.165, 1.54) is 4.90 Å². The molecule has 5 nitrogen and oxygen atoms in total. The van der Waals surface area contributed by atoms with E-state index in [0.29, 0.717) is 12.5 Å². The van der Waals surface area contributed by atoms with Crippen LogP contribution in [0, 0.1) is 5.92 Å². The minimum atomic E-state index is -0.965. The molecule has 0 bridgehead atoms. The number of rotatable bonds is 3. The monoisotopic (exact) mass is 310 g/mol. The summed E-state index contributed by atoms with van der Waals surface area (Å²) >= 11 is 1.56.